The molecule has 5 N–H and O–H groups in total. The molecule has 2 saturated heterocycles. The van der Waals surface area contributed by atoms with Crippen molar-refractivity contribution in [3.63, 3.8) is 0 Å². The van der Waals surface area contributed by atoms with Crippen molar-refractivity contribution in [1.82, 2.24) is 14.7 Å². The molecule has 3 heterocycles. The lowest BCUT2D eigenvalue weighted by molar-refractivity contribution is -0.163. The molecule has 0 unspecified atom stereocenters. The second-order valence-corrected chi connectivity index (χ2v) is 11.2. The highest BCUT2D eigenvalue weighted by Crippen LogP contribution is 2.52. The van der Waals surface area contributed by atoms with Gasteiger partial charge in [0.2, 0.25) is 5.91 Å². The maximum Gasteiger partial charge on any atom is 0.353 e. The van der Waals surface area contributed by atoms with E-state index in [-0.39, 0.29) is 29.5 Å². The summed E-state index contributed by atoms with van der Waals surface area (Å²) in [6.07, 6.45) is 3.64. The van der Waals surface area contributed by atoms with Gasteiger partial charge >= 0.3 is 5.97 Å². The molecule has 32 heavy (non-hydrogen) atoms. The Morgan fingerprint density at radius 1 is 1.31 bits per heavy atom. The van der Waals surface area contributed by atoms with E-state index in [0.717, 1.165) is 50.2 Å². The number of nitrogens with two attached hydrogens (primary N) is 1. The molecule has 4 atom stereocenters. The third kappa shape index (κ3) is 4.01. The number of aliphatic hydroxyl groups is 1. The highest BCUT2D eigenvalue weighted by Gasteiger charge is 2.60. The molecule has 0 bridgehead atoms. The van der Waals surface area contributed by atoms with Crippen LogP contribution in [0.1, 0.15) is 39.5 Å². The number of carboxylic acids is 1. The van der Waals surface area contributed by atoms with Crippen LogP contribution in [-0.2, 0) is 9.59 Å². The number of aliphatic carboxylic acids is 1. The summed E-state index contributed by atoms with van der Waals surface area (Å²) in [5.74, 6) is -1.10. The Labute approximate surface area is 193 Å². The smallest absolute Gasteiger partial charge is 0.353 e. The first kappa shape index (κ1) is 23.4. The molecule has 4 rings (SSSR count). The first-order valence-corrected chi connectivity index (χ1v) is 12.4. The molecular weight excluding hydrogens is 430 g/mol. The number of likely N-dealkylation sites (tertiary alicyclic amines) is 1. The molecule has 4 aliphatic rings. The summed E-state index contributed by atoms with van der Waals surface area (Å²) in [5, 5.41) is 27.7. The van der Waals surface area contributed by atoms with Crippen molar-refractivity contribution in [2.45, 2.75) is 63.0 Å². The zero-order chi connectivity index (χ0) is 23.3. The molecule has 0 radical (unpaired) electrons. The SMILES string of the molecule is C[C@@H](O)[C@H]1C(=O)N2C(C(=O)O)=C(SC3CN(CC4CCC(N(C)C(=N)N)CC4)C3)[C@H](C)[C@H]12. The number of aliphatic hydroxyl groups excluding tert-OH is 1. The van der Waals surface area contributed by atoms with Gasteiger partial charge in [-0.25, -0.2) is 4.79 Å². The number of hydrogen-bond donors (Lipinski definition) is 4. The highest BCUT2D eigenvalue weighted by atomic mass is 32.2. The lowest BCUT2D eigenvalue weighted by atomic mass is 9.79. The molecule has 1 amide bonds. The third-order valence-electron chi connectivity index (χ3n) is 7.79. The normalized spacial score (nSPS) is 34.1. The molecule has 0 aromatic carbocycles. The third-order valence-corrected chi connectivity index (χ3v) is 9.24. The number of thioether (sulfide) groups is 1. The monoisotopic (exact) mass is 465 g/mol. The Bertz CT molecular complexity index is 819. The van der Waals surface area contributed by atoms with E-state index in [4.69, 9.17) is 11.1 Å². The number of rotatable bonds is 7. The van der Waals surface area contributed by atoms with Crippen LogP contribution in [0.4, 0.5) is 0 Å². The summed E-state index contributed by atoms with van der Waals surface area (Å²) >= 11 is 1.61. The molecule has 1 aliphatic carbocycles. The predicted molar refractivity (Wildman–Crippen MR) is 123 cm³/mol. The van der Waals surface area contributed by atoms with E-state index in [1.165, 1.54) is 4.90 Å². The minimum Gasteiger partial charge on any atom is -0.477 e. The average molecular weight is 466 g/mol. The number of amides is 1. The fourth-order valence-corrected chi connectivity index (χ4v) is 7.46. The van der Waals surface area contributed by atoms with Crippen LogP contribution < -0.4 is 5.73 Å². The highest BCUT2D eigenvalue weighted by molar-refractivity contribution is 8.03. The number of guanidine groups is 1. The Kier molecular flexibility index (Phi) is 6.48. The summed E-state index contributed by atoms with van der Waals surface area (Å²) in [5.41, 5.74) is 5.73. The van der Waals surface area contributed by atoms with Gasteiger partial charge in [0.15, 0.2) is 5.96 Å². The molecule has 0 spiro atoms. The zero-order valence-electron chi connectivity index (χ0n) is 19.0. The van der Waals surface area contributed by atoms with Crippen LogP contribution in [0.2, 0.25) is 0 Å². The summed E-state index contributed by atoms with van der Waals surface area (Å²) in [6.45, 7) is 6.50. The Morgan fingerprint density at radius 3 is 2.47 bits per heavy atom. The molecule has 3 aliphatic heterocycles. The quantitative estimate of drug-likeness (QED) is 0.248. The molecule has 0 aromatic heterocycles. The Morgan fingerprint density at radius 2 is 1.94 bits per heavy atom. The van der Waals surface area contributed by atoms with E-state index in [1.54, 1.807) is 18.7 Å². The molecule has 3 fully saturated rings. The van der Waals surface area contributed by atoms with Crippen molar-refractivity contribution in [3.05, 3.63) is 10.6 Å². The van der Waals surface area contributed by atoms with Gasteiger partial charge in [-0.05, 0) is 38.5 Å². The number of hydrogen-bond acceptors (Lipinski definition) is 6. The van der Waals surface area contributed by atoms with E-state index in [1.807, 2.05) is 18.9 Å². The van der Waals surface area contributed by atoms with Gasteiger partial charge in [-0.3, -0.25) is 10.2 Å². The van der Waals surface area contributed by atoms with Crippen LogP contribution in [0.3, 0.4) is 0 Å². The van der Waals surface area contributed by atoms with Crippen LogP contribution in [0, 0.1) is 23.2 Å². The number of carbonyl (C=O) groups excluding carboxylic acids is 1. The Balaban J connectivity index is 1.29. The van der Waals surface area contributed by atoms with Crippen LogP contribution >= 0.6 is 11.8 Å². The van der Waals surface area contributed by atoms with Crippen molar-refractivity contribution < 1.29 is 19.8 Å². The lowest BCUT2D eigenvalue weighted by Crippen LogP contribution is -2.63. The van der Waals surface area contributed by atoms with Crippen molar-refractivity contribution in [1.29, 1.82) is 5.41 Å². The largest absolute Gasteiger partial charge is 0.477 e. The minimum atomic E-state index is -1.05. The van der Waals surface area contributed by atoms with Gasteiger partial charge in [-0.1, -0.05) is 6.92 Å². The van der Waals surface area contributed by atoms with Crippen molar-refractivity contribution in [2.24, 2.45) is 23.5 Å². The standard InChI is InChI=1S/C22H35N5O4S/c1-11-17-16(12(2)28)20(29)27(17)18(21(30)31)19(11)32-15-9-26(10-15)8-13-4-6-14(7-5-13)25(3)22(23)24/h11-17,28H,4-10H2,1-3H3,(H3,23,24)(H,30,31)/t11-,12-,13?,14?,16-,17-/m1/s1. The summed E-state index contributed by atoms with van der Waals surface area (Å²) < 4.78 is 0. The summed E-state index contributed by atoms with van der Waals surface area (Å²) in [6, 6.07) is 0.128. The van der Waals surface area contributed by atoms with Crippen molar-refractivity contribution in [3.8, 4) is 0 Å². The minimum absolute atomic E-state index is 0.0639. The molecule has 10 heteroatoms. The second kappa shape index (κ2) is 8.87. The number of nitrogens with one attached hydrogen (secondary N) is 1. The zero-order valence-corrected chi connectivity index (χ0v) is 19.8. The summed E-state index contributed by atoms with van der Waals surface area (Å²) in [4.78, 5) is 30.9. The maximum absolute atomic E-state index is 12.5. The van der Waals surface area contributed by atoms with Gasteiger partial charge in [0.05, 0.1) is 18.1 Å². The number of carbonyl (C=O) groups is 2. The van der Waals surface area contributed by atoms with Gasteiger partial charge in [0.25, 0.3) is 0 Å². The molecule has 1 saturated carbocycles. The van der Waals surface area contributed by atoms with Crippen LogP contribution in [0.15, 0.2) is 10.6 Å². The number of nitrogens with zero attached hydrogens (tertiary/aromatic N) is 3. The second-order valence-electron chi connectivity index (χ2n) is 9.90. The fourth-order valence-electron chi connectivity index (χ4n) is 5.88. The molecular formula is C22H35N5O4S. The predicted octanol–water partition coefficient (Wildman–Crippen LogP) is 0.942. The van der Waals surface area contributed by atoms with Crippen LogP contribution in [0.25, 0.3) is 0 Å². The maximum atomic E-state index is 12.5. The van der Waals surface area contributed by atoms with Gasteiger partial charge < -0.3 is 30.6 Å². The van der Waals surface area contributed by atoms with E-state index in [0.29, 0.717) is 17.2 Å². The number of β-lactam (4-membered cyclic amide) rings is 1. The lowest BCUT2D eigenvalue weighted by Gasteiger charge is -2.46. The number of fused-ring (bicyclic) bond motifs is 1. The Hall–Kier alpha value is -1.78. The van der Waals surface area contributed by atoms with Gasteiger partial charge in [0, 0.05) is 48.8 Å². The molecule has 178 valence electrons. The molecule has 9 nitrogen and oxygen atoms in total. The van der Waals surface area contributed by atoms with Gasteiger partial charge in [0.1, 0.15) is 5.70 Å². The van der Waals surface area contributed by atoms with E-state index < -0.39 is 18.0 Å². The fraction of sp³-hybridized carbons (Fsp3) is 0.773. The van der Waals surface area contributed by atoms with Gasteiger partial charge in [-0.2, -0.15) is 0 Å². The van der Waals surface area contributed by atoms with E-state index in [2.05, 4.69) is 4.90 Å². The van der Waals surface area contributed by atoms with Crippen molar-refractivity contribution in [2.75, 3.05) is 26.7 Å². The van der Waals surface area contributed by atoms with Crippen LogP contribution in [0.5, 0.6) is 0 Å². The van der Waals surface area contributed by atoms with E-state index in [9.17, 15) is 19.8 Å². The topological polar surface area (TPSA) is 134 Å². The van der Waals surface area contributed by atoms with Crippen molar-refractivity contribution >= 4 is 29.6 Å². The van der Waals surface area contributed by atoms with E-state index >= 15 is 0 Å². The van der Waals surface area contributed by atoms with Gasteiger partial charge in [-0.15, -0.1) is 11.8 Å². The molecule has 0 aromatic rings. The number of carboxylic acid groups (broad SMARTS) is 1. The first-order chi connectivity index (χ1) is 15.1. The summed E-state index contributed by atoms with van der Waals surface area (Å²) in [7, 11) is 1.90. The van der Waals surface area contributed by atoms with Crippen LogP contribution in [-0.4, -0.2) is 92.9 Å². The first-order valence-electron chi connectivity index (χ1n) is 11.5. The average Bonchev–Trinajstić information content (AvgIpc) is 2.94.